The number of benzene rings is 2. The standard InChI is InChI=1S/C19H19FN2O5/c1-25-15-10-13(11-16(26-2)18(15)27-3)19(24)22-21-17(23)9-8-12-6-4-5-7-14(12)20/h4-11H,1-3H3,(H,21,23)(H,22,24)/b9-8+. The van der Waals surface area contributed by atoms with Crippen LogP contribution in [0, 0.1) is 5.82 Å². The third kappa shape index (κ3) is 4.97. The second-order valence-corrected chi connectivity index (χ2v) is 5.21. The van der Waals surface area contributed by atoms with Gasteiger partial charge in [-0.15, -0.1) is 0 Å². The molecule has 2 rings (SSSR count). The molecule has 2 amide bonds. The normalized spacial score (nSPS) is 10.4. The summed E-state index contributed by atoms with van der Waals surface area (Å²) in [5.74, 6) is -0.738. The Labute approximate surface area is 155 Å². The van der Waals surface area contributed by atoms with E-state index >= 15 is 0 Å². The van der Waals surface area contributed by atoms with Crippen LogP contribution in [0.1, 0.15) is 15.9 Å². The van der Waals surface area contributed by atoms with Gasteiger partial charge in [0.15, 0.2) is 11.5 Å². The quantitative estimate of drug-likeness (QED) is 0.599. The van der Waals surface area contributed by atoms with E-state index in [4.69, 9.17) is 14.2 Å². The van der Waals surface area contributed by atoms with Crippen molar-refractivity contribution in [1.82, 2.24) is 10.9 Å². The molecule has 27 heavy (non-hydrogen) atoms. The summed E-state index contributed by atoms with van der Waals surface area (Å²) in [5.41, 5.74) is 4.90. The van der Waals surface area contributed by atoms with Gasteiger partial charge in [-0.25, -0.2) is 4.39 Å². The molecular formula is C19H19FN2O5. The molecule has 142 valence electrons. The van der Waals surface area contributed by atoms with Gasteiger partial charge >= 0.3 is 0 Å². The highest BCUT2D eigenvalue weighted by molar-refractivity contribution is 5.98. The summed E-state index contributed by atoms with van der Waals surface area (Å²) >= 11 is 0. The maximum Gasteiger partial charge on any atom is 0.269 e. The largest absolute Gasteiger partial charge is 0.493 e. The lowest BCUT2D eigenvalue weighted by molar-refractivity contribution is -0.117. The number of amides is 2. The van der Waals surface area contributed by atoms with Gasteiger partial charge in [0.2, 0.25) is 5.75 Å². The molecule has 0 saturated heterocycles. The van der Waals surface area contributed by atoms with E-state index in [1.54, 1.807) is 12.1 Å². The molecule has 0 aliphatic carbocycles. The number of hydrazine groups is 1. The minimum atomic E-state index is -0.626. The number of methoxy groups -OCH3 is 3. The molecule has 0 heterocycles. The lowest BCUT2D eigenvalue weighted by atomic mass is 10.1. The van der Waals surface area contributed by atoms with Crippen LogP contribution in [-0.2, 0) is 4.79 Å². The molecule has 2 N–H and O–H groups in total. The smallest absolute Gasteiger partial charge is 0.269 e. The number of halogens is 1. The second-order valence-electron chi connectivity index (χ2n) is 5.21. The molecule has 0 spiro atoms. The van der Waals surface area contributed by atoms with Crippen LogP contribution < -0.4 is 25.1 Å². The third-order valence-corrected chi connectivity index (χ3v) is 3.55. The summed E-state index contributed by atoms with van der Waals surface area (Å²) in [7, 11) is 4.30. The lowest BCUT2D eigenvalue weighted by Gasteiger charge is -2.14. The maximum absolute atomic E-state index is 13.5. The minimum Gasteiger partial charge on any atom is -0.493 e. The zero-order valence-electron chi connectivity index (χ0n) is 15.0. The van der Waals surface area contributed by atoms with Crippen molar-refractivity contribution < 1.29 is 28.2 Å². The van der Waals surface area contributed by atoms with Crippen LogP contribution in [0.2, 0.25) is 0 Å². The molecule has 0 bridgehead atoms. The number of rotatable bonds is 6. The summed E-state index contributed by atoms with van der Waals surface area (Å²) in [6, 6.07) is 8.88. The zero-order valence-corrected chi connectivity index (χ0v) is 15.0. The molecule has 2 aromatic carbocycles. The van der Waals surface area contributed by atoms with E-state index < -0.39 is 17.6 Å². The molecule has 0 atom stereocenters. The van der Waals surface area contributed by atoms with E-state index in [-0.39, 0.29) is 11.1 Å². The van der Waals surface area contributed by atoms with Crippen LogP contribution in [0.15, 0.2) is 42.5 Å². The molecule has 0 aromatic heterocycles. The van der Waals surface area contributed by atoms with Gasteiger partial charge in [0, 0.05) is 17.2 Å². The van der Waals surface area contributed by atoms with Crippen LogP contribution in [0.3, 0.4) is 0 Å². The van der Waals surface area contributed by atoms with Crippen molar-refractivity contribution in [2.24, 2.45) is 0 Å². The molecule has 0 radical (unpaired) electrons. The van der Waals surface area contributed by atoms with E-state index in [0.29, 0.717) is 17.2 Å². The SMILES string of the molecule is COc1cc(C(=O)NNC(=O)/C=C/c2ccccc2F)cc(OC)c1OC. The fourth-order valence-electron chi connectivity index (χ4n) is 2.22. The highest BCUT2D eigenvalue weighted by Gasteiger charge is 2.17. The Morgan fingerprint density at radius 2 is 1.59 bits per heavy atom. The Hall–Kier alpha value is -3.55. The van der Waals surface area contributed by atoms with Gasteiger partial charge in [-0.2, -0.15) is 0 Å². The van der Waals surface area contributed by atoms with Gasteiger partial charge in [0.1, 0.15) is 5.82 Å². The Morgan fingerprint density at radius 1 is 0.963 bits per heavy atom. The minimum absolute atomic E-state index is 0.183. The van der Waals surface area contributed by atoms with Gasteiger partial charge in [-0.3, -0.25) is 20.4 Å². The second kappa shape index (κ2) is 9.23. The number of carbonyl (C=O) groups is 2. The molecular weight excluding hydrogens is 355 g/mol. The molecule has 2 aromatic rings. The van der Waals surface area contributed by atoms with Crippen molar-refractivity contribution in [3.05, 3.63) is 59.4 Å². The van der Waals surface area contributed by atoms with Gasteiger partial charge in [0.25, 0.3) is 11.8 Å². The number of carbonyl (C=O) groups excluding carboxylic acids is 2. The number of ether oxygens (including phenoxy) is 3. The van der Waals surface area contributed by atoms with Crippen LogP contribution in [0.5, 0.6) is 17.2 Å². The maximum atomic E-state index is 13.5. The van der Waals surface area contributed by atoms with Crippen LogP contribution >= 0.6 is 0 Å². The fraction of sp³-hybridized carbons (Fsp3) is 0.158. The molecule has 8 heteroatoms. The average molecular weight is 374 g/mol. The Bertz CT molecular complexity index is 842. The van der Waals surface area contributed by atoms with E-state index in [1.807, 2.05) is 0 Å². The Morgan fingerprint density at radius 3 is 2.15 bits per heavy atom. The lowest BCUT2D eigenvalue weighted by Crippen LogP contribution is -2.40. The molecule has 0 aliphatic rings. The fourth-order valence-corrected chi connectivity index (χ4v) is 2.22. The zero-order chi connectivity index (χ0) is 19.8. The number of hydrogen-bond acceptors (Lipinski definition) is 5. The van der Waals surface area contributed by atoms with Gasteiger partial charge in [0.05, 0.1) is 21.3 Å². The first kappa shape index (κ1) is 19.8. The van der Waals surface area contributed by atoms with Gasteiger partial charge in [-0.05, 0) is 24.3 Å². The van der Waals surface area contributed by atoms with Gasteiger partial charge < -0.3 is 14.2 Å². The predicted octanol–water partition coefficient (Wildman–Crippen LogP) is 2.33. The Kier molecular flexibility index (Phi) is 6.76. The van der Waals surface area contributed by atoms with Gasteiger partial charge in [-0.1, -0.05) is 18.2 Å². The summed E-state index contributed by atoms with van der Waals surface area (Å²) in [6.07, 6.45) is 2.41. The Balaban J connectivity index is 2.05. The number of nitrogens with one attached hydrogen (secondary N) is 2. The number of hydrogen-bond donors (Lipinski definition) is 2. The summed E-state index contributed by atoms with van der Waals surface area (Å²) in [4.78, 5) is 24.1. The monoisotopic (exact) mass is 374 g/mol. The van der Waals surface area contributed by atoms with Crippen molar-refractivity contribution in [1.29, 1.82) is 0 Å². The third-order valence-electron chi connectivity index (χ3n) is 3.55. The first-order valence-corrected chi connectivity index (χ1v) is 7.83. The van der Waals surface area contributed by atoms with Crippen molar-refractivity contribution in [3.8, 4) is 17.2 Å². The molecule has 0 fully saturated rings. The van der Waals surface area contributed by atoms with E-state index in [2.05, 4.69) is 10.9 Å². The van der Waals surface area contributed by atoms with E-state index in [0.717, 1.165) is 6.08 Å². The molecule has 0 saturated carbocycles. The van der Waals surface area contributed by atoms with E-state index in [1.165, 1.54) is 51.7 Å². The molecule has 0 aliphatic heterocycles. The molecule has 7 nitrogen and oxygen atoms in total. The summed E-state index contributed by atoms with van der Waals surface area (Å²) < 4.78 is 29.0. The predicted molar refractivity (Wildman–Crippen MR) is 97.1 cm³/mol. The van der Waals surface area contributed by atoms with E-state index in [9.17, 15) is 14.0 Å². The van der Waals surface area contributed by atoms with Crippen molar-refractivity contribution in [3.63, 3.8) is 0 Å². The van der Waals surface area contributed by atoms with Crippen molar-refractivity contribution in [2.45, 2.75) is 0 Å². The summed E-state index contributed by atoms with van der Waals surface area (Å²) in [5, 5.41) is 0. The van der Waals surface area contributed by atoms with Crippen molar-refractivity contribution >= 4 is 17.9 Å². The highest BCUT2D eigenvalue weighted by atomic mass is 19.1. The topological polar surface area (TPSA) is 85.9 Å². The van der Waals surface area contributed by atoms with Crippen LogP contribution in [-0.4, -0.2) is 33.1 Å². The first-order valence-electron chi connectivity index (χ1n) is 7.83. The molecule has 0 unspecified atom stereocenters. The van der Waals surface area contributed by atoms with Crippen LogP contribution in [0.4, 0.5) is 4.39 Å². The van der Waals surface area contributed by atoms with Crippen LogP contribution in [0.25, 0.3) is 6.08 Å². The first-order chi connectivity index (χ1) is 13.0. The highest BCUT2D eigenvalue weighted by Crippen LogP contribution is 2.38. The average Bonchev–Trinajstić information content (AvgIpc) is 2.70. The summed E-state index contributed by atoms with van der Waals surface area (Å²) in [6.45, 7) is 0. The van der Waals surface area contributed by atoms with Crippen molar-refractivity contribution in [2.75, 3.05) is 21.3 Å².